The summed E-state index contributed by atoms with van der Waals surface area (Å²) in [6.07, 6.45) is 1.24. The molecule has 0 saturated carbocycles. The number of nitrogens with one attached hydrogen (secondary N) is 1. The first kappa shape index (κ1) is 19.4. The van der Waals surface area contributed by atoms with Crippen LogP contribution in [0.2, 0.25) is 5.02 Å². The zero-order valence-electron chi connectivity index (χ0n) is 14.4. The summed E-state index contributed by atoms with van der Waals surface area (Å²) in [5.41, 5.74) is 1.75. The average molecular weight is 380 g/mol. The Bertz CT molecular complexity index is 711. The summed E-state index contributed by atoms with van der Waals surface area (Å²) in [6.45, 7) is 5.31. The van der Waals surface area contributed by atoms with Crippen LogP contribution in [0, 0.1) is 0 Å². The molecule has 0 fully saturated rings. The number of hydrogen-bond donors (Lipinski definition) is 1. The predicted octanol–water partition coefficient (Wildman–Crippen LogP) is 4.44. The van der Waals surface area contributed by atoms with Crippen LogP contribution in [0.15, 0.2) is 29.6 Å². The lowest BCUT2D eigenvalue weighted by atomic mass is 10.2. The minimum atomic E-state index is -0.121. The van der Waals surface area contributed by atoms with E-state index >= 15 is 0 Å². The van der Waals surface area contributed by atoms with Gasteiger partial charge in [-0.15, -0.1) is 11.3 Å². The van der Waals surface area contributed by atoms with Gasteiger partial charge in [0, 0.05) is 41.9 Å². The number of hydrogen-bond acceptors (Lipinski definition) is 4. The van der Waals surface area contributed by atoms with E-state index in [-0.39, 0.29) is 11.8 Å². The highest BCUT2D eigenvalue weighted by Gasteiger charge is 2.12. The molecule has 1 aromatic carbocycles. The number of aromatic nitrogens is 1. The second-order valence-electron chi connectivity index (χ2n) is 5.51. The molecular formula is C18H22ClN3O2S. The minimum Gasteiger partial charge on any atom is -0.343 e. The molecular weight excluding hydrogens is 358 g/mol. The van der Waals surface area contributed by atoms with Crippen molar-refractivity contribution in [1.82, 2.24) is 9.88 Å². The van der Waals surface area contributed by atoms with Crippen molar-refractivity contribution in [1.29, 1.82) is 0 Å². The Morgan fingerprint density at radius 1 is 1.16 bits per heavy atom. The number of rotatable bonds is 8. The Morgan fingerprint density at radius 3 is 2.48 bits per heavy atom. The van der Waals surface area contributed by atoms with E-state index in [9.17, 15) is 9.59 Å². The summed E-state index contributed by atoms with van der Waals surface area (Å²) in [7, 11) is 0. The van der Waals surface area contributed by atoms with E-state index in [4.69, 9.17) is 11.6 Å². The highest BCUT2D eigenvalue weighted by Crippen LogP contribution is 2.26. The van der Waals surface area contributed by atoms with Crippen molar-refractivity contribution in [3.8, 4) is 11.3 Å². The molecule has 0 aliphatic rings. The smallest absolute Gasteiger partial charge is 0.226 e. The first-order valence-electron chi connectivity index (χ1n) is 8.32. The van der Waals surface area contributed by atoms with Crippen LogP contribution in [0.1, 0.15) is 33.1 Å². The largest absolute Gasteiger partial charge is 0.343 e. The van der Waals surface area contributed by atoms with E-state index < -0.39 is 0 Å². The van der Waals surface area contributed by atoms with Crippen LogP contribution >= 0.6 is 22.9 Å². The van der Waals surface area contributed by atoms with E-state index in [1.807, 2.05) is 31.4 Å². The average Bonchev–Trinajstić information content (AvgIpc) is 3.05. The molecule has 0 aliphatic carbocycles. The molecule has 5 nitrogen and oxygen atoms in total. The first-order valence-corrected chi connectivity index (χ1v) is 9.58. The molecule has 0 atom stereocenters. The van der Waals surface area contributed by atoms with E-state index in [2.05, 4.69) is 10.3 Å². The molecule has 2 amide bonds. The van der Waals surface area contributed by atoms with Crippen molar-refractivity contribution in [3.63, 3.8) is 0 Å². The summed E-state index contributed by atoms with van der Waals surface area (Å²) in [6, 6.07) is 7.40. The Kier molecular flexibility index (Phi) is 7.40. The van der Waals surface area contributed by atoms with Gasteiger partial charge in [0.1, 0.15) is 0 Å². The van der Waals surface area contributed by atoms with Gasteiger partial charge in [-0.3, -0.25) is 9.59 Å². The second kappa shape index (κ2) is 9.53. The van der Waals surface area contributed by atoms with Gasteiger partial charge in [-0.2, -0.15) is 0 Å². The molecule has 0 aliphatic heterocycles. The topological polar surface area (TPSA) is 62.3 Å². The van der Waals surface area contributed by atoms with E-state index in [0.29, 0.717) is 42.5 Å². The summed E-state index contributed by atoms with van der Waals surface area (Å²) in [5, 5.41) is 5.92. The summed E-state index contributed by atoms with van der Waals surface area (Å²) in [4.78, 5) is 30.1. The monoisotopic (exact) mass is 379 g/mol. The number of thiazole rings is 1. The second-order valence-corrected chi connectivity index (χ2v) is 6.81. The van der Waals surface area contributed by atoms with Gasteiger partial charge < -0.3 is 10.2 Å². The molecule has 0 spiro atoms. The minimum absolute atomic E-state index is 0.0945. The van der Waals surface area contributed by atoms with Gasteiger partial charge in [-0.05, 0) is 32.4 Å². The maximum Gasteiger partial charge on any atom is 0.226 e. The number of halogens is 1. The van der Waals surface area contributed by atoms with Crippen molar-refractivity contribution in [2.75, 3.05) is 18.4 Å². The van der Waals surface area contributed by atoms with Gasteiger partial charge in [0.15, 0.2) is 5.13 Å². The lowest BCUT2D eigenvalue weighted by Crippen LogP contribution is -2.30. The number of anilines is 1. The van der Waals surface area contributed by atoms with Crippen molar-refractivity contribution in [2.24, 2.45) is 0 Å². The van der Waals surface area contributed by atoms with Crippen LogP contribution < -0.4 is 5.32 Å². The molecule has 2 rings (SSSR count). The predicted molar refractivity (Wildman–Crippen MR) is 103 cm³/mol. The fourth-order valence-electron chi connectivity index (χ4n) is 2.40. The fourth-order valence-corrected chi connectivity index (χ4v) is 3.26. The quantitative estimate of drug-likeness (QED) is 0.737. The van der Waals surface area contributed by atoms with E-state index in [1.165, 1.54) is 11.3 Å². The van der Waals surface area contributed by atoms with Crippen molar-refractivity contribution in [2.45, 2.75) is 33.1 Å². The SMILES string of the molecule is CCN(CC)C(=O)CCCC(=O)Nc1nc(-c2ccc(Cl)cc2)cs1. The van der Waals surface area contributed by atoms with Crippen molar-refractivity contribution in [3.05, 3.63) is 34.7 Å². The van der Waals surface area contributed by atoms with Gasteiger partial charge >= 0.3 is 0 Å². The normalized spacial score (nSPS) is 10.5. The van der Waals surface area contributed by atoms with Gasteiger partial charge in [-0.1, -0.05) is 23.7 Å². The van der Waals surface area contributed by atoms with Gasteiger partial charge in [0.2, 0.25) is 11.8 Å². The van der Waals surface area contributed by atoms with Crippen molar-refractivity contribution >= 4 is 39.9 Å². The fraction of sp³-hybridized carbons (Fsp3) is 0.389. The Hall–Kier alpha value is -1.92. The van der Waals surface area contributed by atoms with Gasteiger partial charge in [0.05, 0.1) is 5.69 Å². The molecule has 0 radical (unpaired) electrons. The number of carbonyl (C=O) groups excluding carboxylic acids is 2. The Labute approximate surface area is 157 Å². The zero-order chi connectivity index (χ0) is 18.2. The van der Waals surface area contributed by atoms with Crippen LogP contribution in [0.3, 0.4) is 0 Å². The Balaban J connectivity index is 1.81. The number of amides is 2. The number of nitrogens with zero attached hydrogens (tertiary/aromatic N) is 2. The number of benzene rings is 1. The highest BCUT2D eigenvalue weighted by molar-refractivity contribution is 7.14. The van der Waals surface area contributed by atoms with Crippen LogP contribution in [0.25, 0.3) is 11.3 Å². The molecule has 0 bridgehead atoms. The summed E-state index contributed by atoms with van der Waals surface area (Å²) >= 11 is 7.26. The molecule has 7 heteroatoms. The van der Waals surface area contributed by atoms with Crippen LogP contribution in [0.5, 0.6) is 0 Å². The third-order valence-corrected chi connectivity index (χ3v) is 4.81. The molecule has 1 N–H and O–H groups in total. The standard InChI is InChI=1S/C18H22ClN3O2S/c1-3-22(4-2)17(24)7-5-6-16(23)21-18-20-15(12-25-18)13-8-10-14(19)11-9-13/h8-12H,3-7H2,1-2H3,(H,20,21,23). The van der Waals surface area contributed by atoms with Crippen molar-refractivity contribution < 1.29 is 9.59 Å². The molecule has 1 aromatic heterocycles. The van der Waals surface area contributed by atoms with Crippen LogP contribution in [0.4, 0.5) is 5.13 Å². The molecule has 0 unspecified atom stereocenters. The Morgan fingerprint density at radius 2 is 1.84 bits per heavy atom. The van der Waals surface area contributed by atoms with E-state index in [1.54, 1.807) is 17.0 Å². The van der Waals surface area contributed by atoms with Crippen LogP contribution in [-0.4, -0.2) is 34.8 Å². The van der Waals surface area contributed by atoms with Gasteiger partial charge in [-0.25, -0.2) is 4.98 Å². The molecule has 2 aromatic rings. The lowest BCUT2D eigenvalue weighted by molar-refractivity contribution is -0.130. The molecule has 134 valence electrons. The lowest BCUT2D eigenvalue weighted by Gasteiger charge is -2.18. The molecule has 25 heavy (non-hydrogen) atoms. The first-order chi connectivity index (χ1) is 12.0. The third-order valence-electron chi connectivity index (χ3n) is 3.80. The third kappa shape index (κ3) is 5.83. The van der Waals surface area contributed by atoms with E-state index in [0.717, 1.165) is 11.3 Å². The highest BCUT2D eigenvalue weighted by atomic mass is 35.5. The molecule has 0 saturated heterocycles. The zero-order valence-corrected chi connectivity index (χ0v) is 16.0. The number of carbonyl (C=O) groups is 2. The summed E-state index contributed by atoms with van der Waals surface area (Å²) in [5.74, 6) is -0.0265. The maximum absolute atomic E-state index is 12.0. The molecule has 1 heterocycles. The summed E-state index contributed by atoms with van der Waals surface area (Å²) < 4.78 is 0. The van der Waals surface area contributed by atoms with Crippen LogP contribution in [-0.2, 0) is 9.59 Å². The van der Waals surface area contributed by atoms with Gasteiger partial charge in [0.25, 0.3) is 0 Å². The maximum atomic E-state index is 12.0.